The Morgan fingerprint density at radius 1 is 1.42 bits per heavy atom. The zero-order valence-corrected chi connectivity index (χ0v) is 13.3. The molecule has 3 rings (SSSR count). The van der Waals surface area contributed by atoms with Crippen LogP contribution in [0.4, 0.5) is 8.78 Å². The lowest BCUT2D eigenvalue weighted by Gasteiger charge is -2.30. The third kappa shape index (κ3) is 3.79. The number of aromatic nitrogens is 2. The fraction of sp³-hybridized carbons (Fsp3) is 0.412. The molecule has 0 aliphatic carbocycles. The van der Waals surface area contributed by atoms with Gasteiger partial charge in [-0.3, -0.25) is 4.79 Å². The van der Waals surface area contributed by atoms with Crippen molar-refractivity contribution in [3.05, 3.63) is 53.6 Å². The van der Waals surface area contributed by atoms with Gasteiger partial charge in [-0.15, -0.1) is 0 Å². The third-order valence-corrected chi connectivity index (χ3v) is 4.18. The minimum Gasteiger partial charge on any atom is -0.372 e. The Kier molecular flexibility index (Phi) is 4.89. The van der Waals surface area contributed by atoms with E-state index in [1.54, 1.807) is 12.5 Å². The van der Waals surface area contributed by atoms with Crippen LogP contribution in [0.25, 0.3) is 0 Å². The van der Waals surface area contributed by atoms with E-state index in [-0.39, 0.29) is 24.5 Å². The molecule has 0 saturated carbocycles. The maximum atomic E-state index is 13.2. The maximum Gasteiger partial charge on any atom is 0.224 e. The second-order valence-corrected chi connectivity index (χ2v) is 6.00. The Hall–Kier alpha value is -2.28. The first kappa shape index (κ1) is 16.6. The van der Waals surface area contributed by atoms with E-state index >= 15 is 0 Å². The van der Waals surface area contributed by atoms with Gasteiger partial charge in [-0.2, -0.15) is 0 Å². The zero-order valence-electron chi connectivity index (χ0n) is 13.3. The number of halogens is 2. The molecular formula is C17H19F2N3O2. The fourth-order valence-electron chi connectivity index (χ4n) is 2.93. The van der Waals surface area contributed by atoms with Gasteiger partial charge in [0.2, 0.25) is 5.91 Å². The number of hydrogen-bond acceptors (Lipinski definition) is 3. The van der Waals surface area contributed by atoms with Crippen molar-refractivity contribution in [3.63, 3.8) is 0 Å². The van der Waals surface area contributed by atoms with Crippen LogP contribution in [0, 0.1) is 11.6 Å². The number of nitrogens with one attached hydrogen (secondary N) is 1. The first-order valence-corrected chi connectivity index (χ1v) is 7.84. The Morgan fingerprint density at radius 3 is 2.96 bits per heavy atom. The van der Waals surface area contributed by atoms with Crippen LogP contribution in [0.5, 0.6) is 0 Å². The molecule has 1 amide bonds. The number of hydrogen-bond donors (Lipinski definition) is 1. The molecule has 2 atom stereocenters. The van der Waals surface area contributed by atoms with E-state index in [2.05, 4.69) is 10.3 Å². The molecule has 0 bridgehead atoms. The summed E-state index contributed by atoms with van der Waals surface area (Å²) in [7, 11) is 1.90. The first-order chi connectivity index (χ1) is 11.5. The van der Waals surface area contributed by atoms with Crippen molar-refractivity contribution < 1.29 is 18.3 Å². The lowest BCUT2D eigenvalue weighted by atomic mass is 10.0. The second kappa shape index (κ2) is 7.09. The molecular weight excluding hydrogens is 316 g/mol. The van der Waals surface area contributed by atoms with E-state index in [0.29, 0.717) is 18.6 Å². The van der Waals surface area contributed by atoms with Crippen LogP contribution in [0.15, 0.2) is 30.7 Å². The van der Waals surface area contributed by atoms with Gasteiger partial charge in [-0.25, -0.2) is 13.8 Å². The predicted molar refractivity (Wildman–Crippen MR) is 83.1 cm³/mol. The molecule has 24 heavy (non-hydrogen) atoms. The third-order valence-electron chi connectivity index (χ3n) is 4.18. The second-order valence-electron chi connectivity index (χ2n) is 6.00. The van der Waals surface area contributed by atoms with Gasteiger partial charge in [0.05, 0.1) is 24.6 Å². The van der Waals surface area contributed by atoms with Crippen molar-refractivity contribution in [1.29, 1.82) is 0 Å². The van der Waals surface area contributed by atoms with Crippen LogP contribution in [0.1, 0.15) is 30.2 Å². The molecule has 1 saturated heterocycles. The molecule has 1 aliphatic heterocycles. The minimum atomic E-state index is -0.942. The SMILES string of the molecule is Cn1cncc1C1CC(NC(=O)Cc2ccc(F)c(F)c2)CCO1. The molecule has 2 aromatic rings. The molecule has 1 aromatic heterocycles. The summed E-state index contributed by atoms with van der Waals surface area (Å²) < 4.78 is 33.8. The van der Waals surface area contributed by atoms with E-state index in [0.717, 1.165) is 24.2 Å². The highest BCUT2D eigenvalue weighted by Gasteiger charge is 2.26. The Morgan fingerprint density at radius 2 is 2.25 bits per heavy atom. The molecule has 1 aromatic carbocycles. The summed E-state index contributed by atoms with van der Waals surface area (Å²) in [5.74, 6) is -2.07. The standard InChI is InChI=1S/C17H19F2N3O2/c1-22-10-20-9-15(22)16-8-12(4-5-24-16)21-17(23)7-11-2-3-13(18)14(19)6-11/h2-3,6,9-10,12,16H,4-5,7-8H2,1H3,(H,21,23). The quantitative estimate of drug-likeness (QED) is 0.933. The number of carbonyl (C=O) groups excluding carboxylic acids is 1. The summed E-state index contributed by atoms with van der Waals surface area (Å²) >= 11 is 0. The molecule has 2 heterocycles. The van der Waals surface area contributed by atoms with E-state index in [1.807, 2.05) is 11.6 Å². The van der Waals surface area contributed by atoms with Crippen molar-refractivity contribution in [1.82, 2.24) is 14.9 Å². The van der Waals surface area contributed by atoms with Gasteiger partial charge in [0.15, 0.2) is 11.6 Å². The van der Waals surface area contributed by atoms with Crippen LogP contribution < -0.4 is 5.32 Å². The van der Waals surface area contributed by atoms with Gasteiger partial charge in [0, 0.05) is 19.7 Å². The summed E-state index contributed by atoms with van der Waals surface area (Å²) in [5.41, 5.74) is 1.41. The van der Waals surface area contributed by atoms with Crippen LogP contribution in [-0.2, 0) is 23.0 Å². The van der Waals surface area contributed by atoms with Gasteiger partial charge in [-0.1, -0.05) is 6.07 Å². The highest BCUT2D eigenvalue weighted by molar-refractivity contribution is 5.78. The Bertz CT molecular complexity index is 732. The topological polar surface area (TPSA) is 56.2 Å². The molecule has 1 aliphatic rings. The molecule has 7 heteroatoms. The molecule has 1 N–H and O–H groups in total. The molecule has 2 unspecified atom stereocenters. The average Bonchev–Trinajstić information content (AvgIpc) is 2.97. The Labute approximate surface area is 138 Å². The maximum absolute atomic E-state index is 13.2. The van der Waals surface area contributed by atoms with Crippen molar-refractivity contribution in [2.45, 2.75) is 31.4 Å². The average molecular weight is 335 g/mol. The lowest BCUT2D eigenvalue weighted by molar-refractivity contribution is -0.122. The van der Waals surface area contributed by atoms with Crippen molar-refractivity contribution >= 4 is 5.91 Å². The fourth-order valence-corrected chi connectivity index (χ4v) is 2.93. The zero-order chi connectivity index (χ0) is 17.1. The smallest absolute Gasteiger partial charge is 0.224 e. The van der Waals surface area contributed by atoms with Crippen molar-refractivity contribution in [2.75, 3.05) is 6.61 Å². The molecule has 0 radical (unpaired) electrons. The number of nitrogens with zero attached hydrogens (tertiary/aromatic N) is 2. The van der Waals surface area contributed by atoms with E-state index in [4.69, 9.17) is 4.74 Å². The van der Waals surface area contributed by atoms with Crippen LogP contribution in [0.3, 0.4) is 0 Å². The summed E-state index contributed by atoms with van der Waals surface area (Å²) in [6.45, 7) is 0.548. The first-order valence-electron chi connectivity index (χ1n) is 7.84. The van der Waals surface area contributed by atoms with Gasteiger partial charge < -0.3 is 14.6 Å². The van der Waals surface area contributed by atoms with E-state index < -0.39 is 11.6 Å². The minimum absolute atomic E-state index is 0.0172. The monoisotopic (exact) mass is 335 g/mol. The number of carbonyl (C=O) groups is 1. The lowest BCUT2D eigenvalue weighted by Crippen LogP contribution is -2.40. The van der Waals surface area contributed by atoms with E-state index in [9.17, 15) is 13.6 Å². The number of ether oxygens (including phenoxy) is 1. The normalized spacial score (nSPS) is 20.8. The highest BCUT2D eigenvalue weighted by atomic mass is 19.2. The molecule has 0 spiro atoms. The van der Waals surface area contributed by atoms with Crippen LogP contribution in [-0.4, -0.2) is 28.1 Å². The predicted octanol–water partition coefficient (Wildman–Crippen LogP) is 2.28. The number of aryl methyl sites for hydroxylation is 1. The van der Waals surface area contributed by atoms with Crippen LogP contribution in [0.2, 0.25) is 0 Å². The summed E-state index contributed by atoms with van der Waals surface area (Å²) in [4.78, 5) is 16.2. The van der Waals surface area contributed by atoms with Gasteiger partial charge in [0.25, 0.3) is 0 Å². The number of amides is 1. The van der Waals surface area contributed by atoms with Gasteiger partial charge >= 0.3 is 0 Å². The molecule has 5 nitrogen and oxygen atoms in total. The molecule has 1 fully saturated rings. The van der Waals surface area contributed by atoms with Crippen LogP contribution >= 0.6 is 0 Å². The van der Waals surface area contributed by atoms with Gasteiger partial charge in [-0.05, 0) is 30.5 Å². The summed E-state index contributed by atoms with van der Waals surface area (Å²) in [6.07, 6.45) is 4.76. The molecule has 128 valence electrons. The number of benzene rings is 1. The number of rotatable bonds is 4. The van der Waals surface area contributed by atoms with Crippen molar-refractivity contribution in [2.24, 2.45) is 7.05 Å². The largest absolute Gasteiger partial charge is 0.372 e. The summed E-state index contributed by atoms with van der Waals surface area (Å²) in [5, 5.41) is 2.95. The Balaban J connectivity index is 1.58. The van der Waals surface area contributed by atoms with Crippen molar-refractivity contribution in [3.8, 4) is 0 Å². The van der Waals surface area contributed by atoms with E-state index in [1.165, 1.54) is 6.07 Å². The number of imidazole rings is 1. The summed E-state index contributed by atoms with van der Waals surface area (Å²) in [6, 6.07) is 3.49. The van der Waals surface area contributed by atoms with Gasteiger partial charge in [0.1, 0.15) is 6.10 Å². The highest BCUT2D eigenvalue weighted by Crippen LogP contribution is 2.27.